The highest BCUT2D eigenvalue weighted by atomic mass is 32.2. The van der Waals surface area contributed by atoms with Crippen LogP contribution in [-0.4, -0.2) is 31.6 Å². The van der Waals surface area contributed by atoms with E-state index in [9.17, 15) is 8.42 Å². The van der Waals surface area contributed by atoms with Crippen LogP contribution in [0.15, 0.2) is 65.8 Å². The van der Waals surface area contributed by atoms with Crippen LogP contribution in [0.25, 0.3) is 0 Å². The predicted octanol–water partition coefficient (Wildman–Crippen LogP) is 2.77. The Hall–Kier alpha value is -2.64. The van der Waals surface area contributed by atoms with Crippen LogP contribution < -0.4 is 9.46 Å². The molecule has 0 bridgehead atoms. The molecule has 27 heavy (non-hydrogen) atoms. The van der Waals surface area contributed by atoms with Gasteiger partial charge in [-0.25, -0.2) is 18.1 Å². The van der Waals surface area contributed by atoms with E-state index in [2.05, 4.69) is 21.8 Å². The number of hydrogen-bond acceptors (Lipinski definition) is 4. The highest BCUT2D eigenvalue weighted by Crippen LogP contribution is 2.20. The first-order valence-electron chi connectivity index (χ1n) is 8.68. The van der Waals surface area contributed by atoms with Gasteiger partial charge in [0.1, 0.15) is 11.6 Å². The lowest BCUT2D eigenvalue weighted by Gasteiger charge is -2.11. The van der Waals surface area contributed by atoms with E-state index in [1.165, 1.54) is 5.56 Å². The van der Waals surface area contributed by atoms with Crippen LogP contribution in [-0.2, 0) is 23.0 Å². The van der Waals surface area contributed by atoms with Crippen molar-refractivity contribution in [3.05, 3.63) is 77.9 Å². The molecule has 0 unspecified atom stereocenters. The summed E-state index contributed by atoms with van der Waals surface area (Å²) in [5.41, 5.74) is 1.82. The fourth-order valence-corrected chi connectivity index (χ4v) is 4.17. The monoisotopic (exact) mass is 385 g/mol. The Bertz CT molecular complexity index is 998. The van der Waals surface area contributed by atoms with Crippen LogP contribution in [0.1, 0.15) is 17.0 Å². The molecule has 1 aromatic heterocycles. The van der Waals surface area contributed by atoms with Crippen molar-refractivity contribution in [2.75, 3.05) is 13.7 Å². The van der Waals surface area contributed by atoms with Crippen molar-refractivity contribution in [2.24, 2.45) is 0 Å². The van der Waals surface area contributed by atoms with Crippen LogP contribution in [0.5, 0.6) is 5.75 Å². The second-order valence-electron chi connectivity index (χ2n) is 6.24. The largest absolute Gasteiger partial charge is 0.497 e. The molecule has 0 fully saturated rings. The van der Waals surface area contributed by atoms with Gasteiger partial charge >= 0.3 is 0 Å². The van der Waals surface area contributed by atoms with Gasteiger partial charge in [0.05, 0.1) is 12.0 Å². The molecular weight excluding hydrogens is 362 g/mol. The van der Waals surface area contributed by atoms with Crippen LogP contribution >= 0.6 is 0 Å². The first kappa shape index (κ1) is 19.1. The summed E-state index contributed by atoms with van der Waals surface area (Å²) in [7, 11) is -2.03. The first-order valence-corrected chi connectivity index (χ1v) is 10.2. The molecule has 0 saturated carbocycles. The van der Waals surface area contributed by atoms with Gasteiger partial charge in [-0.2, -0.15) is 0 Å². The Labute approximate surface area is 159 Å². The van der Waals surface area contributed by atoms with E-state index >= 15 is 0 Å². The third kappa shape index (κ3) is 4.75. The van der Waals surface area contributed by atoms with E-state index < -0.39 is 10.0 Å². The average Bonchev–Trinajstić information content (AvgIpc) is 3.09. The van der Waals surface area contributed by atoms with Crippen molar-refractivity contribution < 1.29 is 13.2 Å². The van der Waals surface area contributed by atoms with Crippen molar-refractivity contribution in [1.82, 2.24) is 14.3 Å². The zero-order chi connectivity index (χ0) is 19.3. The number of hydrogen-bond donors (Lipinski definition) is 1. The average molecular weight is 385 g/mol. The summed E-state index contributed by atoms with van der Waals surface area (Å²) >= 11 is 0. The van der Waals surface area contributed by atoms with Gasteiger partial charge in [0, 0.05) is 31.9 Å². The molecule has 2 aromatic carbocycles. The van der Waals surface area contributed by atoms with Gasteiger partial charge in [-0.3, -0.25) is 0 Å². The van der Waals surface area contributed by atoms with Crippen molar-refractivity contribution in [3.8, 4) is 5.75 Å². The lowest BCUT2D eigenvalue weighted by Crippen LogP contribution is -2.27. The van der Waals surface area contributed by atoms with Gasteiger partial charge in [-0.1, -0.05) is 30.3 Å². The number of sulfonamides is 1. The van der Waals surface area contributed by atoms with E-state index in [0.717, 1.165) is 5.82 Å². The number of benzene rings is 2. The van der Waals surface area contributed by atoms with E-state index in [1.807, 2.05) is 29.0 Å². The summed E-state index contributed by atoms with van der Waals surface area (Å²) in [5.74, 6) is 1.47. The number of nitrogens with zero attached hydrogens (tertiary/aromatic N) is 2. The number of methoxy groups -OCH3 is 1. The molecule has 0 spiro atoms. The Kier molecular flexibility index (Phi) is 5.93. The SMILES string of the molecule is COc1ccc(S(=O)(=O)NCCc2nccn2Cc2ccccc2)c(C)c1. The van der Waals surface area contributed by atoms with Crippen molar-refractivity contribution in [2.45, 2.75) is 24.8 Å². The molecule has 142 valence electrons. The maximum Gasteiger partial charge on any atom is 0.240 e. The quantitative estimate of drug-likeness (QED) is 0.647. The predicted molar refractivity (Wildman–Crippen MR) is 104 cm³/mol. The number of aromatic nitrogens is 2. The Morgan fingerprint density at radius 2 is 1.93 bits per heavy atom. The van der Waals surface area contributed by atoms with Crippen molar-refractivity contribution in [1.29, 1.82) is 0 Å². The molecule has 0 amide bonds. The minimum Gasteiger partial charge on any atom is -0.497 e. The molecule has 6 nitrogen and oxygen atoms in total. The second kappa shape index (κ2) is 8.37. The molecule has 0 saturated heterocycles. The molecule has 3 rings (SSSR count). The van der Waals surface area contributed by atoms with Gasteiger partial charge in [-0.15, -0.1) is 0 Å². The number of rotatable bonds is 8. The summed E-state index contributed by atoms with van der Waals surface area (Å²) in [5, 5.41) is 0. The summed E-state index contributed by atoms with van der Waals surface area (Å²) in [4.78, 5) is 4.62. The lowest BCUT2D eigenvalue weighted by molar-refractivity contribution is 0.414. The molecule has 3 aromatic rings. The fourth-order valence-electron chi connectivity index (χ4n) is 2.92. The minimum absolute atomic E-state index is 0.260. The van der Waals surface area contributed by atoms with Crippen molar-refractivity contribution >= 4 is 10.0 Å². The first-order chi connectivity index (χ1) is 13.0. The number of nitrogens with one attached hydrogen (secondary N) is 1. The van der Waals surface area contributed by atoms with Crippen LogP contribution in [0, 0.1) is 6.92 Å². The molecule has 1 N–H and O–H groups in total. The van der Waals surface area contributed by atoms with Crippen LogP contribution in [0.4, 0.5) is 0 Å². The van der Waals surface area contributed by atoms with Crippen LogP contribution in [0.2, 0.25) is 0 Å². The molecule has 0 atom stereocenters. The van der Waals surface area contributed by atoms with Gasteiger partial charge in [0.25, 0.3) is 0 Å². The van der Waals surface area contributed by atoms with Crippen LogP contribution in [0.3, 0.4) is 0 Å². The van der Waals surface area contributed by atoms with Gasteiger partial charge in [-0.05, 0) is 36.2 Å². The van der Waals surface area contributed by atoms with E-state index in [1.54, 1.807) is 38.4 Å². The molecular formula is C20H23N3O3S. The zero-order valence-corrected chi connectivity index (χ0v) is 16.2. The van der Waals surface area contributed by atoms with E-state index in [-0.39, 0.29) is 11.4 Å². The highest BCUT2D eigenvalue weighted by Gasteiger charge is 2.17. The van der Waals surface area contributed by atoms with E-state index in [4.69, 9.17) is 4.74 Å². The molecule has 0 radical (unpaired) electrons. The third-order valence-electron chi connectivity index (χ3n) is 4.31. The summed E-state index contributed by atoms with van der Waals surface area (Å²) in [6.07, 6.45) is 4.15. The lowest BCUT2D eigenvalue weighted by atomic mass is 10.2. The normalized spacial score (nSPS) is 11.5. The summed E-state index contributed by atoms with van der Waals surface area (Å²) < 4.78 is 35.0. The molecule has 1 heterocycles. The number of imidazole rings is 1. The summed E-state index contributed by atoms with van der Waals surface area (Å²) in [6.45, 7) is 2.74. The second-order valence-corrected chi connectivity index (χ2v) is 7.97. The molecule has 7 heteroatoms. The number of ether oxygens (including phenoxy) is 1. The molecule has 0 aliphatic rings. The Morgan fingerprint density at radius 3 is 2.63 bits per heavy atom. The minimum atomic E-state index is -3.58. The zero-order valence-electron chi connectivity index (χ0n) is 15.4. The Morgan fingerprint density at radius 1 is 1.15 bits per heavy atom. The smallest absolute Gasteiger partial charge is 0.240 e. The molecule has 0 aliphatic carbocycles. The molecule has 0 aliphatic heterocycles. The number of aryl methyl sites for hydroxylation is 1. The maximum absolute atomic E-state index is 12.6. The van der Waals surface area contributed by atoms with Gasteiger partial charge in [0.2, 0.25) is 10.0 Å². The highest BCUT2D eigenvalue weighted by molar-refractivity contribution is 7.89. The van der Waals surface area contributed by atoms with Crippen molar-refractivity contribution in [3.63, 3.8) is 0 Å². The topological polar surface area (TPSA) is 73.2 Å². The standard InChI is InChI=1S/C20H23N3O3S/c1-16-14-18(26-2)8-9-19(16)27(24,25)22-11-10-20-21-12-13-23(20)15-17-6-4-3-5-7-17/h3-9,12-14,22H,10-11,15H2,1-2H3. The van der Waals surface area contributed by atoms with E-state index in [0.29, 0.717) is 24.3 Å². The Balaban J connectivity index is 1.64. The fraction of sp³-hybridized carbons (Fsp3) is 0.250. The summed E-state index contributed by atoms with van der Waals surface area (Å²) in [6, 6.07) is 15.0. The third-order valence-corrected chi connectivity index (χ3v) is 5.93. The maximum atomic E-state index is 12.6. The van der Waals surface area contributed by atoms with Gasteiger partial charge < -0.3 is 9.30 Å². The van der Waals surface area contributed by atoms with Gasteiger partial charge in [0.15, 0.2) is 0 Å².